The summed E-state index contributed by atoms with van der Waals surface area (Å²) in [5.74, 6) is 0. The van der Waals surface area contributed by atoms with E-state index in [0.717, 1.165) is 5.71 Å². The molecule has 0 unspecified atom stereocenters. The van der Waals surface area contributed by atoms with Crippen LogP contribution in [0.2, 0.25) is 0 Å². The standard InChI is InChI=1S/C14H17N/c1-4-5-9-12(2)14(15-3)13-10-7-6-8-11-13/h4-11H,1-3H3/b5-4-,12-9-,15-14?. The van der Waals surface area contributed by atoms with Crippen LogP contribution < -0.4 is 0 Å². The second-order valence-electron chi connectivity index (χ2n) is 3.31. The average molecular weight is 199 g/mol. The number of nitrogens with zero attached hydrogens (tertiary/aromatic N) is 1. The summed E-state index contributed by atoms with van der Waals surface area (Å²) in [7, 11) is 1.83. The fraction of sp³-hybridized carbons (Fsp3) is 0.214. The van der Waals surface area contributed by atoms with Crippen LogP contribution in [0.1, 0.15) is 19.4 Å². The van der Waals surface area contributed by atoms with Crippen molar-refractivity contribution in [3.63, 3.8) is 0 Å². The van der Waals surface area contributed by atoms with Crippen molar-refractivity contribution in [1.29, 1.82) is 0 Å². The highest BCUT2D eigenvalue weighted by Crippen LogP contribution is 2.09. The summed E-state index contributed by atoms with van der Waals surface area (Å²) in [6.07, 6.45) is 6.13. The number of hydrogen-bond acceptors (Lipinski definition) is 1. The maximum atomic E-state index is 4.33. The molecule has 0 bridgehead atoms. The fourth-order valence-electron chi connectivity index (χ4n) is 1.45. The lowest BCUT2D eigenvalue weighted by Crippen LogP contribution is -2.01. The van der Waals surface area contributed by atoms with Crippen molar-refractivity contribution in [3.05, 3.63) is 59.7 Å². The monoisotopic (exact) mass is 199 g/mol. The number of allylic oxidation sites excluding steroid dienone is 4. The second kappa shape index (κ2) is 5.97. The molecule has 0 saturated heterocycles. The lowest BCUT2D eigenvalue weighted by Gasteiger charge is -2.05. The SMILES string of the molecule is C/C=C\C=C(\C)C(=NC)c1ccccc1. The third kappa shape index (κ3) is 3.21. The van der Waals surface area contributed by atoms with Crippen molar-refractivity contribution < 1.29 is 0 Å². The van der Waals surface area contributed by atoms with Crippen molar-refractivity contribution in [2.24, 2.45) is 4.99 Å². The molecule has 0 amide bonds. The fourth-order valence-corrected chi connectivity index (χ4v) is 1.45. The summed E-state index contributed by atoms with van der Waals surface area (Å²) in [5.41, 5.74) is 3.40. The Morgan fingerprint density at radius 2 is 1.87 bits per heavy atom. The first-order valence-corrected chi connectivity index (χ1v) is 5.11. The Labute approximate surface area is 91.9 Å². The number of hydrogen-bond donors (Lipinski definition) is 0. The number of benzene rings is 1. The Kier molecular flexibility index (Phi) is 4.55. The van der Waals surface area contributed by atoms with Gasteiger partial charge in [-0.3, -0.25) is 4.99 Å². The van der Waals surface area contributed by atoms with Gasteiger partial charge in [-0.25, -0.2) is 0 Å². The Morgan fingerprint density at radius 1 is 1.20 bits per heavy atom. The van der Waals surface area contributed by atoms with E-state index in [1.54, 1.807) is 0 Å². The van der Waals surface area contributed by atoms with Gasteiger partial charge in [-0.05, 0) is 25.0 Å². The van der Waals surface area contributed by atoms with Crippen molar-refractivity contribution in [2.45, 2.75) is 13.8 Å². The lowest BCUT2D eigenvalue weighted by molar-refractivity contribution is 1.39. The Bertz CT molecular complexity index is 383. The summed E-state index contributed by atoms with van der Waals surface area (Å²) < 4.78 is 0. The van der Waals surface area contributed by atoms with Gasteiger partial charge in [-0.2, -0.15) is 0 Å². The van der Waals surface area contributed by atoms with Gasteiger partial charge in [0.05, 0.1) is 5.71 Å². The van der Waals surface area contributed by atoms with Crippen LogP contribution in [0.4, 0.5) is 0 Å². The molecule has 0 spiro atoms. The van der Waals surface area contributed by atoms with Crippen molar-refractivity contribution in [3.8, 4) is 0 Å². The van der Waals surface area contributed by atoms with E-state index in [9.17, 15) is 0 Å². The number of aliphatic imine (C=N–C) groups is 1. The first-order valence-electron chi connectivity index (χ1n) is 5.11. The Morgan fingerprint density at radius 3 is 2.40 bits per heavy atom. The van der Waals surface area contributed by atoms with Crippen LogP contribution in [0.3, 0.4) is 0 Å². The smallest absolute Gasteiger partial charge is 0.0672 e. The molecule has 0 aliphatic rings. The first-order chi connectivity index (χ1) is 7.29. The Balaban J connectivity index is 3.01. The van der Waals surface area contributed by atoms with Gasteiger partial charge in [0.2, 0.25) is 0 Å². The van der Waals surface area contributed by atoms with E-state index in [0.29, 0.717) is 0 Å². The van der Waals surface area contributed by atoms with Gasteiger partial charge in [-0.1, -0.05) is 48.6 Å². The third-order valence-corrected chi connectivity index (χ3v) is 2.18. The van der Waals surface area contributed by atoms with E-state index in [1.165, 1.54) is 11.1 Å². The van der Waals surface area contributed by atoms with Gasteiger partial charge in [0, 0.05) is 7.05 Å². The topological polar surface area (TPSA) is 12.4 Å². The van der Waals surface area contributed by atoms with E-state index in [4.69, 9.17) is 0 Å². The highest BCUT2D eigenvalue weighted by atomic mass is 14.7. The van der Waals surface area contributed by atoms with Crippen LogP contribution in [-0.2, 0) is 0 Å². The van der Waals surface area contributed by atoms with Crippen LogP contribution in [0, 0.1) is 0 Å². The van der Waals surface area contributed by atoms with E-state index in [1.807, 2.05) is 44.3 Å². The minimum atomic E-state index is 1.05. The molecule has 0 aromatic heterocycles. The van der Waals surface area contributed by atoms with E-state index in [2.05, 4.69) is 30.1 Å². The summed E-state index contributed by atoms with van der Waals surface area (Å²) in [5, 5.41) is 0. The van der Waals surface area contributed by atoms with E-state index >= 15 is 0 Å². The molecular formula is C14H17N. The van der Waals surface area contributed by atoms with Gasteiger partial charge in [0.15, 0.2) is 0 Å². The van der Waals surface area contributed by atoms with E-state index < -0.39 is 0 Å². The molecule has 0 saturated carbocycles. The van der Waals surface area contributed by atoms with Crippen LogP contribution in [-0.4, -0.2) is 12.8 Å². The molecule has 1 aromatic rings. The van der Waals surface area contributed by atoms with Crippen LogP contribution in [0.15, 0.2) is 59.1 Å². The third-order valence-electron chi connectivity index (χ3n) is 2.18. The number of rotatable bonds is 3. The zero-order valence-corrected chi connectivity index (χ0v) is 9.57. The summed E-state index contributed by atoms with van der Waals surface area (Å²) in [6, 6.07) is 10.2. The molecule has 0 atom stereocenters. The van der Waals surface area contributed by atoms with E-state index in [-0.39, 0.29) is 0 Å². The summed E-state index contributed by atoms with van der Waals surface area (Å²) in [4.78, 5) is 4.33. The maximum Gasteiger partial charge on any atom is 0.0672 e. The van der Waals surface area contributed by atoms with Crippen molar-refractivity contribution >= 4 is 5.71 Å². The largest absolute Gasteiger partial charge is 0.288 e. The van der Waals surface area contributed by atoms with Crippen LogP contribution in [0.25, 0.3) is 0 Å². The second-order valence-corrected chi connectivity index (χ2v) is 3.31. The molecule has 1 nitrogen and oxygen atoms in total. The molecule has 0 N–H and O–H groups in total. The highest BCUT2D eigenvalue weighted by molar-refractivity contribution is 6.12. The minimum absolute atomic E-state index is 1.05. The predicted octanol–water partition coefficient (Wildman–Crippen LogP) is 3.63. The van der Waals surface area contributed by atoms with Gasteiger partial charge in [0.1, 0.15) is 0 Å². The van der Waals surface area contributed by atoms with Gasteiger partial charge < -0.3 is 0 Å². The molecular weight excluding hydrogens is 182 g/mol. The summed E-state index contributed by atoms with van der Waals surface area (Å²) >= 11 is 0. The normalized spacial score (nSPS) is 13.5. The van der Waals surface area contributed by atoms with Gasteiger partial charge in [-0.15, -0.1) is 0 Å². The molecule has 1 rings (SSSR count). The van der Waals surface area contributed by atoms with Gasteiger partial charge >= 0.3 is 0 Å². The molecule has 0 aliphatic carbocycles. The zero-order chi connectivity index (χ0) is 11.1. The molecule has 0 radical (unpaired) electrons. The molecule has 1 heteroatoms. The highest BCUT2D eigenvalue weighted by Gasteiger charge is 2.02. The maximum absolute atomic E-state index is 4.33. The predicted molar refractivity (Wildman–Crippen MR) is 67.5 cm³/mol. The summed E-state index contributed by atoms with van der Waals surface area (Å²) in [6.45, 7) is 4.09. The zero-order valence-electron chi connectivity index (χ0n) is 9.57. The Hall–Kier alpha value is -1.63. The molecule has 78 valence electrons. The first kappa shape index (κ1) is 11.4. The molecule has 15 heavy (non-hydrogen) atoms. The van der Waals surface area contributed by atoms with Gasteiger partial charge in [0.25, 0.3) is 0 Å². The quantitative estimate of drug-likeness (QED) is 0.520. The minimum Gasteiger partial charge on any atom is -0.288 e. The van der Waals surface area contributed by atoms with Crippen LogP contribution >= 0.6 is 0 Å². The molecule has 1 aromatic carbocycles. The molecule has 0 heterocycles. The molecule has 0 aliphatic heterocycles. The average Bonchev–Trinajstić information content (AvgIpc) is 2.29. The van der Waals surface area contributed by atoms with Crippen molar-refractivity contribution in [1.82, 2.24) is 0 Å². The lowest BCUT2D eigenvalue weighted by atomic mass is 10.0. The molecule has 0 fully saturated rings. The van der Waals surface area contributed by atoms with Crippen molar-refractivity contribution in [2.75, 3.05) is 7.05 Å². The van der Waals surface area contributed by atoms with Crippen LogP contribution in [0.5, 0.6) is 0 Å².